The van der Waals surface area contributed by atoms with Gasteiger partial charge in [0, 0.05) is 7.05 Å². The van der Waals surface area contributed by atoms with Crippen LogP contribution in [0.25, 0.3) is 0 Å². The minimum absolute atomic E-state index is 0.148. The van der Waals surface area contributed by atoms with Gasteiger partial charge in [-0.3, -0.25) is 4.79 Å². The summed E-state index contributed by atoms with van der Waals surface area (Å²) in [4.78, 5) is 24.0. The molecule has 0 aliphatic rings. The van der Waals surface area contributed by atoms with E-state index in [-0.39, 0.29) is 11.7 Å². The van der Waals surface area contributed by atoms with Gasteiger partial charge in [-0.1, -0.05) is 13.8 Å². The van der Waals surface area contributed by atoms with E-state index < -0.39 is 17.9 Å². The van der Waals surface area contributed by atoms with Crippen molar-refractivity contribution < 1.29 is 19.1 Å². The van der Waals surface area contributed by atoms with Crippen molar-refractivity contribution in [2.75, 3.05) is 7.05 Å². The number of likely N-dealkylation sites (N-methyl/N-ethyl adjacent to an activating group) is 1. The molecular formula is C11H15NO4. The fourth-order valence-electron chi connectivity index (χ4n) is 1.60. The molecule has 0 aliphatic heterocycles. The average Bonchev–Trinajstić information content (AvgIpc) is 2.67. The minimum atomic E-state index is -1.02. The van der Waals surface area contributed by atoms with Crippen LogP contribution in [0.2, 0.25) is 0 Å². The van der Waals surface area contributed by atoms with Crippen molar-refractivity contribution in [3.63, 3.8) is 0 Å². The first-order valence-corrected chi connectivity index (χ1v) is 4.98. The third-order valence-corrected chi connectivity index (χ3v) is 2.35. The van der Waals surface area contributed by atoms with Crippen LogP contribution >= 0.6 is 0 Å². The largest absolute Gasteiger partial charge is 0.480 e. The van der Waals surface area contributed by atoms with Gasteiger partial charge in [0.05, 0.1) is 6.26 Å². The number of carbonyl (C=O) groups is 2. The fourth-order valence-corrected chi connectivity index (χ4v) is 1.60. The molecule has 1 unspecified atom stereocenters. The van der Waals surface area contributed by atoms with Gasteiger partial charge in [0.25, 0.3) is 5.91 Å². The van der Waals surface area contributed by atoms with Gasteiger partial charge >= 0.3 is 5.97 Å². The molecule has 88 valence electrons. The summed E-state index contributed by atoms with van der Waals surface area (Å²) >= 11 is 0. The number of rotatable bonds is 4. The van der Waals surface area contributed by atoms with Crippen LogP contribution in [-0.4, -0.2) is 35.0 Å². The summed E-state index contributed by atoms with van der Waals surface area (Å²) in [5.41, 5.74) is 0. The van der Waals surface area contributed by atoms with Gasteiger partial charge in [0.1, 0.15) is 6.04 Å². The lowest BCUT2D eigenvalue weighted by Crippen LogP contribution is -2.45. The van der Waals surface area contributed by atoms with Crippen molar-refractivity contribution in [1.29, 1.82) is 0 Å². The van der Waals surface area contributed by atoms with E-state index in [1.165, 1.54) is 24.3 Å². The van der Waals surface area contributed by atoms with Gasteiger partial charge in [-0.25, -0.2) is 4.79 Å². The number of hydrogen-bond acceptors (Lipinski definition) is 3. The molecule has 16 heavy (non-hydrogen) atoms. The molecule has 1 aromatic rings. The van der Waals surface area contributed by atoms with E-state index in [2.05, 4.69) is 0 Å². The standard InChI is InChI=1S/C11H15NO4/c1-7(2)9(11(14)15)12(3)10(13)8-5-4-6-16-8/h4-7,9H,1-3H3,(H,14,15). The van der Waals surface area contributed by atoms with Crippen LogP contribution in [0.1, 0.15) is 24.4 Å². The van der Waals surface area contributed by atoms with Crippen LogP contribution < -0.4 is 0 Å². The van der Waals surface area contributed by atoms with Gasteiger partial charge in [-0.05, 0) is 18.1 Å². The summed E-state index contributed by atoms with van der Waals surface area (Å²) in [6, 6.07) is 2.25. The molecule has 0 saturated carbocycles. The lowest BCUT2D eigenvalue weighted by molar-refractivity contribution is -0.143. The average molecular weight is 225 g/mol. The van der Waals surface area contributed by atoms with Crippen molar-refractivity contribution in [2.45, 2.75) is 19.9 Å². The Hall–Kier alpha value is -1.78. The molecule has 5 nitrogen and oxygen atoms in total. The molecule has 0 aliphatic carbocycles. The van der Waals surface area contributed by atoms with Crippen LogP contribution in [0.3, 0.4) is 0 Å². The maximum Gasteiger partial charge on any atom is 0.326 e. The van der Waals surface area contributed by atoms with Crippen LogP contribution in [0.5, 0.6) is 0 Å². The number of carboxylic acid groups (broad SMARTS) is 1. The maximum atomic E-state index is 11.8. The van der Waals surface area contributed by atoms with Gasteiger partial charge in [0.2, 0.25) is 0 Å². The van der Waals surface area contributed by atoms with E-state index in [1.54, 1.807) is 19.9 Å². The van der Waals surface area contributed by atoms with Crippen molar-refractivity contribution in [3.8, 4) is 0 Å². The van der Waals surface area contributed by atoms with Gasteiger partial charge in [-0.15, -0.1) is 0 Å². The predicted octanol–water partition coefficient (Wildman–Crippen LogP) is 1.46. The monoisotopic (exact) mass is 225 g/mol. The van der Waals surface area contributed by atoms with Gasteiger partial charge < -0.3 is 14.4 Å². The minimum Gasteiger partial charge on any atom is -0.480 e. The Labute approximate surface area is 93.7 Å². The molecule has 1 atom stereocenters. The van der Waals surface area contributed by atoms with Crippen LogP contribution in [-0.2, 0) is 4.79 Å². The molecule has 1 N–H and O–H groups in total. The van der Waals surface area contributed by atoms with Crippen molar-refractivity contribution >= 4 is 11.9 Å². The zero-order valence-electron chi connectivity index (χ0n) is 9.51. The van der Waals surface area contributed by atoms with Gasteiger partial charge in [-0.2, -0.15) is 0 Å². The Kier molecular flexibility index (Phi) is 3.71. The molecular weight excluding hydrogens is 210 g/mol. The van der Waals surface area contributed by atoms with Crippen LogP contribution in [0, 0.1) is 5.92 Å². The van der Waals surface area contributed by atoms with E-state index >= 15 is 0 Å². The molecule has 0 spiro atoms. The zero-order chi connectivity index (χ0) is 12.3. The lowest BCUT2D eigenvalue weighted by Gasteiger charge is -2.26. The second-order valence-corrected chi connectivity index (χ2v) is 3.92. The van der Waals surface area contributed by atoms with Crippen LogP contribution in [0.15, 0.2) is 22.8 Å². The molecule has 0 radical (unpaired) electrons. The second-order valence-electron chi connectivity index (χ2n) is 3.92. The number of aliphatic carboxylic acids is 1. The number of carbonyl (C=O) groups excluding carboxylic acids is 1. The SMILES string of the molecule is CC(C)C(C(=O)O)N(C)C(=O)c1ccco1. The Morgan fingerprint density at radius 1 is 1.44 bits per heavy atom. The summed E-state index contributed by atoms with van der Waals surface area (Å²) in [5.74, 6) is -1.46. The maximum absolute atomic E-state index is 11.8. The number of amides is 1. The molecule has 1 aromatic heterocycles. The molecule has 0 aromatic carbocycles. The summed E-state index contributed by atoms with van der Waals surface area (Å²) in [6.45, 7) is 3.51. The second kappa shape index (κ2) is 4.83. The molecule has 1 amide bonds. The highest BCUT2D eigenvalue weighted by Crippen LogP contribution is 2.13. The van der Waals surface area contributed by atoms with E-state index in [0.717, 1.165) is 0 Å². The Morgan fingerprint density at radius 2 is 2.06 bits per heavy atom. The van der Waals surface area contributed by atoms with Crippen LogP contribution in [0.4, 0.5) is 0 Å². The number of nitrogens with zero attached hydrogens (tertiary/aromatic N) is 1. The summed E-state index contributed by atoms with van der Waals surface area (Å²) in [5, 5.41) is 9.04. The highest BCUT2D eigenvalue weighted by atomic mass is 16.4. The normalized spacial score (nSPS) is 12.5. The molecule has 0 bridgehead atoms. The summed E-state index contributed by atoms with van der Waals surface area (Å²) in [6.07, 6.45) is 1.38. The molecule has 1 rings (SSSR count). The number of hydrogen-bond donors (Lipinski definition) is 1. The van der Waals surface area contributed by atoms with E-state index in [1.807, 2.05) is 0 Å². The summed E-state index contributed by atoms with van der Waals surface area (Å²) < 4.78 is 4.94. The van der Waals surface area contributed by atoms with E-state index in [4.69, 9.17) is 9.52 Å². The highest BCUT2D eigenvalue weighted by Gasteiger charge is 2.30. The number of carboxylic acids is 1. The highest BCUT2D eigenvalue weighted by molar-refractivity contribution is 5.94. The predicted molar refractivity (Wildman–Crippen MR) is 57.1 cm³/mol. The molecule has 0 saturated heterocycles. The third-order valence-electron chi connectivity index (χ3n) is 2.35. The first-order valence-electron chi connectivity index (χ1n) is 4.98. The lowest BCUT2D eigenvalue weighted by atomic mass is 10.0. The van der Waals surface area contributed by atoms with Crippen molar-refractivity contribution in [1.82, 2.24) is 4.90 Å². The first kappa shape index (κ1) is 12.3. The fraction of sp³-hybridized carbons (Fsp3) is 0.455. The smallest absolute Gasteiger partial charge is 0.326 e. The Bertz CT molecular complexity index is 369. The Morgan fingerprint density at radius 3 is 2.44 bits per heavy atom. The topological polar surface area (TPSA) is 70.8 Å². The number of furan rings is 1. The Balaban J connectivity index is 2.87. The molecule has 5 heteroatoms. The summed E-state index contributed by atoms with van der Waals surface area (Å²) in [7, 11) is 1.46. The molecule has 1 heterocycles. The van der Waals surface area contributed by atoms with Gasteiger partial charge in [0.15, 0.2) is 5.76 Å². The zero-order valence-corrected chi connectivity index (χ0v) is 9.51. The van der Waals surface area contributed by atoms with Crippen molar-refractivity contribution in [2.24, 2.45) is 5.92 Å². The first-order chi connectivity index (χ1) is 7.45. The van der Waals surface area contributed by atoms with Crippen molar-refractivity contribution in [3.05, 3.63) is 24.2 Å². The quantitative estimate of drug-likeness (QED) is 0.842. The van der Waals surface area contributed by atoms with E-state index in [0.29, 0.717) is 0 Å². The molecule has 0 fully saturated rings. The third kappa shape index (κ3) is 2.42. The van der Waals surface area contributed by atoms with E-state index in [9.17, 15) is 9.59 Å².